The zero-order valence-corrected chi connectivity index (χ0v) is 16.1. The van der Waals surface area contributed by atoms with Crippen molar-refractivity contribution in [1.82, 2.24) is 4.90 Å². The summed E-state index contributed by atoms with van der Waals surface area (Å²) in [6.07, 6.45) is 0. The Labute approximate surface area is 146 Å². The van der Waals surface area contributed by atoms with E-state index >= 15 is 0 Å². The van der Waals surface area contributed by atoms with Crippen LogP contribution < -0.4 is 4.90 Å². The normalized spacial score (nSPS) is 22.7. The van der Waals surface area contributed by atoms with Crippen molar-refractivity contribution >= 4 is 11.6 Å². The van der Waals surface area contributed by atoms with Gasteiger partial charge in [-0.3, -0.25) is 4.79 Å². The second kappa shape index (κ2) is 6.40. The van der Waals surface area contributed by atoms with Gasteiger partial charge in [0.1, 0.15) is 0 Å². The number of carbonyl (C=O) groups excluding carboxylic acids is 1. The molecule has 0 saturated carbocycles. The molecule has 4 nitrogen and oxygen atoms in total. The molecule has 1 saturated heterocycles. The maximum Gasteiger partial charge on any atom is 0.220 e. The summed E-state index contributed by atoms with van der Waals surface area (Å²) in [6, 6.07) is 8.50. The lowest BCUT2D eigenvalue weighted by atomic mass is 9.87. The van der Waals surface area contributed by atoms with Crippen molar-refractivity contribution < 1.29 is 9.90 Å². The van der Waals surface area contributed by atoms with Gasteiger partial charge in [0.05, 0.1) is 11.6 Å². The summed E-state index contributed by atoms with van der Waals surface area (Å²) in [5.41, 5.74) is 1.65. The molecule has 2 rings (SSSR count). The van der Waals surface area contributed by atoms with Crippen molar-refractivity contribution in [3.8, 4) is 0 Å². The molecule has 1 amide bonds. The van der Waals surface area contributed by atoms with Crippen LogP contribution in [0.4, 0.5) is 5.69 Å². The predicted molar refractivity (Wildman–Crippen MR) is 99.4 cm³/mol. The molecule has 1 aromatic carbocycles. The van der Waals surface area contributed by atoms with E-state index in [-0.39, 0.29) is 23.4 Å². The van der Waals surface area contributed by atoms with Crippen LogP contribution in [0.2, 0.25) is 0 Å². The van der Waals surface area contributed by atoms with Gasteiger partial charge in [-0.15, -0.1) is 0 Å². The van der Waals surface area contributed by atoms with E-state index in [4.69, 9.17) is 0 Å². The van der Waals surface area contributed by atoms with Gasteiger partial charge >= 0.3 is 0 Å². The number of amides is 1. The first-order valence-corrected chi connectivity index (χ1v) is 8.78. The molecule has 1 fully saturated rings. The first kappa shape index (κ1) is 18.8. The van der Waals surface area contributed by atoms with Gasteiger partial charge in [-0.1, -0.05) is 32.9 Å². The zero-order chi connectivity index (χ0) is 18.3. The molecule has 1 aliphatic heterocycles. The Morgan fingerprint density at radius 1 is 1.08 bits per heavy atom. The van der Waals surface area contributed by atoms with Crippen molar-refractivity contribution in [2.45, 2.75) is 71.6 Å². The minimum Gasteiger partial charge on any atom is -0.388 e. The summed E-state index contributed by atoms with van der Waals surface area (Å²) in [7, 11) is 0. The fraction of sp³-hybridized carbons (Fsp3) is 0.650. The smallest absolute Gasteiger partial charge is 0.220 e. The van der Waals surface area contributed by atoms with E-state index in [1.807, 2.05) is 4.90 Å². The Morgan fingerprint density at radius 2 is 1.62 bits per heavy atom. The molecule has 1 aliphatic rings. The van der Waals surface area contributed by atoms with E-state index in [0.717, 1.165) is 12.2 Å². The Hall–Kier alpha value is -1.55. The molecule has 2 unspecified atom stereocenters. The monoisotopic (exact) mass is 332 g/mol. The topological polar surface area (TPSA) is 43.8 Å². The molecule has 1 heterocycles. The highest BCUT2D eigenvalue weighted by atomic mass is 16.3. The number of hydrogen-bond acceptors (Lipinski definition) is 3. The number of anilines is 1. The largest absolute Gasteiger partial charge is 0.388 e. The van der Waals surface area contributed by atoms with E-state index in [1.54, 1.807) is 20.8 Å². The van der Waals surface area contributed by atoms with Crippen LogP contribution in [0.3, 0.4) is 0 Å². The van der Waals surface area contributed by atoms with Gasteiger partial charge in [-0.05, 0) is 43.9 Å². The minimum atomic E-state index is -0.941. The van der Waals surface area contributed by atoms with Gasteiger partial charge < -0.3 is 14.9 Å². The fourth-order valence-corrected chi connectivity index (χ4v) is 3.56. The van der Waals surface area contributed by atoms with Crippen molar-refractivity contribution in [2.75, 3.05) is 18.0 Å². The quantitative estimate of drug-likeness (QED) is 0.904. The van der Waals surface area contributed by atoms with Crippen LogP contribution in [-0.4, -0.2) is 46.7 Å². The van der Waals surface area contributed by atoms with Crippen LogP contribution in [0.5, 0.6) is 0 Å². The maximum atomic E-state index is 12.1. The standard InChI is InChI=1S/C20H32N2O2/c1-14-12-21(13-18(20(6,7)24)22(14)15(2)23)17-10-8-16(9-11-17)19(3,4)5/h8-11,14,18,24H,12-13H2,1-7H3. The fourth-order valence-electron chi connectivity index (χ4n) is 3.56. The first-order chi connectivity index (χ1) is 10.9. The average Bonchev–Trinajstić information content (AvgIpc) is 2.44. The van der Waals surface area contributed by atoms with Crippen LogP contribution in [-0.2, 0) is 10.2 Å². The third kappa shape index (κ3) is 3.92. The molecule has 24 heavy (non-hydrogen) atoms. The number of hydrogen-bond donors (Lipinski definition) is 1. The highest BCUT2D eigenvalue weighted by Gasteiger charge is 2.41. The average molecular weight is 332 g/mol. The van der Waals surface area contributed by atoms with Crippen LogP contribution >= 0.6 is 0 Å². The molecule has 0 aliphatic carbocycles. The van der Waals surface area contributed by atoms with Gasteiger partial charge in [-0.2, -0.15) is 0 Å². The Balaban J connectivity index is 2.28. The lowest BCUT2D eigenvalue weighted by Gasteiger charge is -2.50. The lowest BCUT2D eigenvalue weighted by molar-refractivity contribution is -0.141. The maximum absolute atomic E-state index is 12.1. The summed E-state index contributed by atoms with van der Waals surface area (Å²) < 4.78 is 0. The molecule has 134 valence electrons. The van der Waals surface area contributed by atoms with Crippen molar-refractivity contribution in [1.29, 1.82) is 0 Å². The van der Waals surface area contributed by atoms with Gasteiger partial charge in [0.2, 0.25) is 5.91 Å². The summed E-state index contributed by atoms with van der Waals surface area (Å²) in [6.45, 7) is 15.3. The zero-order valence-electron chi connectivity index (χ0n) is 16.1. The molecule has 0 aromatic heterocycles. The molecule has 0 radical (unpaired) electrons. The minimum absolute atomic E-state index is 0.0253. The van der Waals surface area contributed by atoms with Crippen LogP contribution in [0.25, 0.3) is 0 Å². The molecular weight excluding hydrogens is 300 g/mol. The summed E-state index contributed by atoms with van der Waals surface area (Å²) in [5, 5.41) is 10.6. The van der Waals surface area contributed by atoms with E-state index in [9.17, 15) is 9.90 Å². The number of nitrogens with zero attached hydrogens (tertiary/aromatic N) is 2. The van der Waals surface area contributed by atoms with E-state index in [1.165, 1.54) is 5.56 Å². The van der Waals surface area contributed by atoms with E-state index < -0.39 is 5.60 Å². The summed E-state index contributed by atoms with van der Waals surface area (Å²) in [4.78, 5) is 16.2. The molecular formula is C20H32N2O2. The number of carbonyl (C=O) groups is 1. The van der Waals surface area contributed by atoms with E-state index in [2.05, 4.69) is 56.9 Å². The Kier molecular flexibility index (Phi) is 5.01. The molecule has 2 atom stereocenters. The molecule has 1 aromatic rings. The molecule has 1 N–H and O–H groups in total. The van der Waals surface area contributed by atoms with Gasteiger partial charge in [-0.25, -0.2) is 0 Å². The Morgan fingerprint density at radius 3 is 2.04 bits per heavy atom. The number of benzene rings is 1. The van der Waals surface area contributed by atoms with Gasteiger partial charge in [0.15, 0.2) is 0 Å². The highest BCUT2D eigenvalue weighted by Crippen LogP contribution is 2.30. The highest BCUT2D eigenvalue weighted by molar-refractivity contribution is 5.74. The third-order valence-electron chi connectivity index (χ3n) is 4.97. The van der Waals surface area contributed by atoms with Crippen molar-refractivity contribution in [3.05, 3.63) is 29.8 Å². The number of rotatable bonds is 2. The van der Waals surface area contributed by atoms with Crippen LogP contribution in [0.1, 0.15) is 54.0 Å². The summed E-state index contributed by atoms with van der Waals surface area (Å²) >= 11 is 0. The van der Waals surface area contributed by atoms with Crippen molar-refractivity contribution in [2.24, 2.45) is 0 Å². The molecule has 0 spiro atoms. The SMILES string of the molecule is CC(=O)N1C(C)CN(c2ccc(C(C)(C)C)cc2)CC1C(C)(C)O. The third-order valence-corrected chi connectivity index (χ3v) is 4.97. The van der Waals surface area contributed by atoms with Gasteiger partial charge in [0.25, 0.3) is 0 Å². The Bertz CT molecular complexity index is 581. The van der Waals surface area contributed by atoms with Crippen molar-refractivity contribution in [3.63, 3.8) is 0 Å². The molecule has 4 heteroatoms. The first-order valence-electron chi connectivity index (χ1n) is 8.78. The van der Waals surface area contributed by atoms with Crippen LogP contribution in [0, 0.1) is 0 Å². The second-order valence-electron chi connectivity index (χ2n) is 8.65. The number of piperazine rings is 1. The predicted octanol–water partition coefficient (Wildman–Crippen LogP) is 3.18. The van der Waals surface area contributed by atoms with E-state index in [0.29, 0.717) is 6.54 Å². The summed E-state index contributed by atoms with van der Waals surface area (Å²) in [5.74, 6) is 0.0253. The lowest BCUT2D eigenvalue weighted by Crippen LogP contribution is -2.65. The number of aliphatic hydroxyl groups is 1. The molecule has 0 bridgehead atoms. The van der Waals surface area contributed by atoms with Gasteiger partial charge in [0, 0.05) is 31.7 Å². The second-order valence-corrected chi connectivity index (χ2v) is 8.65. The van der Waals surface area contributed by atoms with Crippen LogP contribution in [0.15, 0.2) is 24.3 Å².